The van der Waals surface area contributed by atoms with Crippen LogP contribution in [0.2, 0.25) is 0 Å². The molecule has 0 saturated heterocycles. The molecule has 0 spiro atoms. The third kappa shape index (κ3) is 3.17. The van der Waals surface area contributed by atoms with Gasteiger partial charge in [0.1, 0.15) is 0 Å². The first kappa shape index (κ1) is 14.3. The second kappa shape index (κ2) is 6.41. The van der Waals surface area contributed by atoms with E-state index in [9.17, 15) is 0 Å². The topological polar surface area (TPSA) is 26.0 Å². The summed E-state index contributed by atoms with van der Waals surface area (Å²) in [5.74, 6) is 0. The lowest BCUT2D eigenvalue weighted by atomic mass is 9.97. The molecule has 0 bridgehead atoms. The van der Waals surface area contributed by atoms with Crippen molar-refractivity contribution < 1.29 is 0 Å². The van der Waals surface area contributed by atoms with E-state index >= 15 is 0 Å². The van der Waals surface area contributed by atoms with E-state index < -0.39 is 0 Å². The molecule has 0 heterocycles. The molecule has 1 unspecified atom stereocenters. The number of nitrogens with two attached hydrogens (primary N) is 1. The van der Waals surface area contributed by atoms with Crippen molar-refractivity contribution in [3.8, 4) is 11.1 Å². The summed E-state index contributed by atoms with van der Waals surface area (Å²) in [5, 5.41) is 0. The van der Waals surface area contributed by atoms with Crippen LogP contribution in [0.1, 0.15) is 17.2 Å². The van der Waals surface area contributed by atoms with Crippen molar-refractivity contribution in [3.63, 3.8) is 0 Å². The molecule has 0 aliphatic rings. The van der Waals surface area contributed by atoms with Crippen molar-refractivity contribution in [3.05, 3.63) is 93.6 Å². The van der Waals surface area contributed by atoms with Crippen LogP contribution in [-0.2, 0) is 0 Å². The van der Waals surface area contributed by atoms with Crippen LogP contribution in [0.3, 0.4) is 0 Å². The van der Waals surface area contributed by atoms with E-state index in [1.165, 1.54) is 20.3 Å². The van der Waals surface area contributed by atoms with Gasteiger partial charge in [0, 0.05) is 3.57 Å². The number of halogens is 1. The lowest BCUT2D eigenvalue weighted by Crippen LogP contribution is -2.13. The van der Waals surface area contributed by atoms with Crippen molar-refractivity contribution >= 4 is 22.6 Å². The number of rotatable bonds is 3. The lowest BCUT2D eigenvalue weighted by Gasteiger charge is -2.15. The minimum absolute atomic E-state index is 0.0806. The van der Waals surface area contributed by atoms with E-state index in [1.54, 1.807) is 0 Å². The second-order valence-electron chi connectivity index (χ2n) is 4.99. The molecule has 0 aromatic heterocycles. The van der Waals surface area contributed by atoms with Crippen LogP contribution in [0, 0.1) is 3.57 Å². The quantitative estimate of drug-likeness (QED) is 0.631. The molecule has 0 fully saturated rings. The van der Waals surface area contributed by atoms with Gasteiger partial charge in [-0.2, -0.15) is 0 Å². The normalized spacial score (nSPS) is 12.1. The average Bonchev–Trinajstić information content (AvgIpc) is 2.56. The zero-order valence-electron chi connectivity index (χ0n) is 11.5. The Morgan fingerprint density at radius 1 is 0.667 bits per heavy atom. The fourth-order valence-electron chi connectivity index (χ4n) is 2.42. The zero-order valence-corrected chi connectivity index (χ0v) is 13.7. The summed E-state index contributed by atoms with van der Waals surface area (Å²) < 4.78 is 1.20. The van der Waals surface area contributed by atoms with Crippen molar-refractivity contribution in [1.82, 2.24) is 0 Å². The Labute approximate surface area is 139 Å². The van der Waals surface area contributed by atoms with Gasteiger partial charge in [0.2, 0.25) is 0 Å². The summed E-state index contributed by atoms with van der Waals surface area (Å²) in [6, 6.07) is 27.1. The molecule has 0 radical (unpaired) electrons. The van der Waals surface area contributed by atoms with Crippen molar-refractivity contribution in [2.45, 2.75) is 6.04 Å². The van der Waals surface area contributed by atoms with Gasteiger partial charge in [-0.3, -0.25) is 0 Å². The summed E-state index contributed by atoms with van der Waals surface area (Å²) >= 11 is 2.34. The summed E-state index contributed by atoms with van der Waals surface area (Å²) in [5.41, 5.74) is 11.2. The smallest absolute Gasteiger partial charge is 0.0562 e. The molecular formula is C19H16IN. The van der Waals surface area contributed by atoms with Gasteiger partial charge in [0.15, 0.2) is 0 Å². The maximum atomic E-state index is 6.40. The van der Waals surface area contributed by atoms with Gasteiger partial charge in [0.25, 0.3) is 0 Å². The lowest BCUT2D eigenvalue weighted by molar-refractivity contribution is 0.865. The first-order chi connectivity index (χ1) is 10.3. The van der Waals surface area contributed by atoms with E-state index in [1.807, 2.05) is 18.2 Å². The summed E-state index contributed by atoms with van der Waals surface area (Å²) in [6.45, 7) is 0. The molecule has 0 saturated carbocycles. The maximum absolute atomic E-state index is 6.40. The molecule has 0 aliphatic heterocycles. The highest BCUT2D eigenvalue weighted by atomic mass is 127. The molecule has 0 aliphatic carbocycles. The molecule has 2 N–H and O–H groups in total. The van der Waals surface area contributed by atoms with Crippen molar-refractivity contribution in [1.29, 1.82) is 0 Å². The van der Waals surface area contributed by atoms with Gasteiger partial charge >= 0.3 is 0 Å². The third-order valence-corrected chi connectivity index (χ3v) is 4.60. The predicted molar refractivity (Wildman–Crippen MR) is 97.1 cm³/mol. The number of hydrogen-bond donors (Lipinski definition) is 1. The summed E-state index contributed by atoms with van der Waals surface area (Å²) in [7, 11) is 0. The first-order valence-electron chi connectivity index (χ1n) is 6.91. The predicted octanol–water partition coefficient (Wildman–Crippen LogP) is 5.01. The largest absolute Gasteiger partial charge is 0.320 e. The van der Waals surface area contributed by atoms with Gasteiger partial charge in [-0.15, -0.1) is 0 Å². The molecule has 3 aromatic carbocycles. The van der Waals surface area contributed by atoms with Crippen LogP contribution >= 0.6 is 22.6 Å². The first-order valence-corrected chi connectivity index (χ1v) is 7.99. The Hall–Kier alpha value is -1.65. The molecule has 2 heteroatoms. The van der Waals surface area contributed by atoms with E-state index in [-0.39, 0.29) is 6.04 Å². The monoisotopic (exact) mass is 385 g/mol. The van der Waals surface area contributed by atoms with Crippen LogP contribution in [-0.4, -0.2) is 0 Å². The highest BCUT2D eigenvalue weighted by molar-refractivity contribution is 14.1. The zero-order chi connectivity index (χ0) is 14.7. The van der Waals surface area contributed by atoms with E-state index in [4.69, 9.17) is 5.73 Å². The Balaban J connectivity index is 1.89. The molecule has 0 amide bonds. The minimum atomic E-state index is -0.0806. The maximum Gasteiger partial charge on any atom is 0.0562 e. The van der Waals surface area contributed by atoms with Crippen LogP contribution in [0.25, 0.3) is 11.1 Å². The summed E-state index contributed by atoms with van der Waals surface area (Å²) in [6.07, 6.45) is 0. The standard InChI is InChI=1S/C19H16IN/c20-18-9-5-4-8-17(18)19(21)16-12-10-15(11-13-16)14-6-2-1-3-7-14/h1-13,19H,21H2. The van der Waals surface area contributed by atoms with Gasteiger partial charge in [-0.25, -0.2) is 0 Å². The van der Waals surface area contributed by atoms with Crippen LogP contribution in [0.4, 0.5) is 0 Å². The molecule has 3 aromatic rings. The van der Waals surface area contributed by atoms with Crippen LogP contribution in [0.15, 0.2) is 78.9 Å². The highest BCUT2D eigenvalue weighted by Crippen LogP contribution is 2.26. The van der Waals surface area contributed by atoms with E-state index in [0.717, 1.165) is 5.56 Å². The van der Waals surface area contributed by atoms with E-state index in [0.29, 0.717) is 0 Å². The Bertz CT molecular complexity index is 720. The average molecular weight is 385 g/mol. The van der Waals surface area contributed by atoms with Crippen LogP contribution < -0.4 is 5.73 Å². The minimum Gasteiger partial charge on any atom is -0.320 e. The molecule has 21 heavy (non-hydrogen) atoms. The van der Waals surface area contributed by atoms with Crippen molar-refractivity contribution in [2.24, 2.45) is 5.73 Å². The molecular weight excluding hydrogens is 369 g/mol. The fourth-order valence-corrected chi connectivity index (χ4v) is 3.14. The van der Waals surface area contributed by atoms with Gasteiger partial charge in [0.05, 0.1) is 6.04 Å². The van der Waals surface area contributed by atoms with Gasteiger partial charge in [-0.05, 0) is 50.9 Å². The molecule has 3 rings (SSSR count). The van der Waals surface area contributed by atoms with Gasteiger partial charge in [-0.1, -0.05) is 72.8 Å². The SMILES string of the molecule is NC(c1ccc(-c2ccccc2)cc1)c1ccccc1I. The van der Waals surface area contributed by atoms with Gasteiger partial charge < -0.3 is 5.73 Å². The Morgan fingerprint density at radius 3 is 1.90 bits per heavy atom. The molecule has 1 nitrogen and oxygen atoms in total. The Morgan fingerprint density at radius 2 is 1.24 bits per heavy atom. The van der Waals surface area contributed by atoms with E-state index in [2.05, 4.69) is 83.3 Å². The molecule has 1 atom stereocenters. The number of hydrogen-bond acceptors (Lipinski definition) is 1. The van der Waals surface area contributed by atoms with Crippen LogP contribution in [0.5, 0.6) is 0 Å². The molecule has 104 valence electrons. The summed E-state index contributed by atoms with van der Waals surface area (Å²) in [4.78, 5) is 0. The second-order valence-corrected chi connectivity index (χ2v) is 6.15. The third-order valence-electron chi connectivity index (χ3n) is 3.62. The van der Waals surface area contributed by atoms with Crippen molar-refractivity contribution in [2.75, 3.05) is 0 Å². The number of benzene rings is 3. The Kier molecular flexibility index (Phi) is 4.36. The fraction of sp³-hybridized carbons (Fsp3) is 0.0526. The highest BCUT2D eigenvalue weighted by Gasteiger charge is 2.11.